The molecule has 1 unspecified atom stereocenters. The van der Waals surface area contributed by atoms with Crippen LogP contribution in [0.15, 0.2) is 18.2 Å². The lowest BCUT2D eigenvalue weighted by Gasteiger charge is -2.13. The number of hydrogen-bond donors (Lipinski definition) is 1. The maximum Gasteiger partial charge on any atom is 0.387 e. The first-order valence-corrected chi connectivity index (χ1v) is 5.75. The number of alkyl halides is 3. The van der Waals surface area contributed by atoms with Gasteiger partial charge < -0.3 is 9.84 Å². The standard InChI is InChI=1S/C11H9BrF2O4/c1-5(12)9(15)8-6(10(16)17)3-2-4-7(8)18-11(13)14/h2-5,11H,1H3,(H,16,17). The van der Waals surface area contributed by atoms with Crippen LogP contribution in [0.5, 0.6) is 5.75 Å². The first-order valence-electron chi connectivity index (χ1n) is 4.84. The fourth-order valence-electron chi connectivity index (χ4n) is 1.36. The first kappa shape index (κ1) is 14.6. The molecule has 18 heavy (non-hydrogen) atoms. The number of carboxylic acids is 1. The molecule has 0 fully saturated rings. The zero-order valence-corrected chi connectivity index (χ0v) is 10.8. The molecule has 0 aliphatic carbocycles. The first-order chi connectivity index (χ1) is 8.34. The van der Waals surface area contributed by atoms with Crippen molar-refractivity contribution < 1.29 is 28.2 Å². The van der Waals surface area contributed by atoms with E-state index >= 15 is 0 Å². The summed E-state index contributed by atoms with van der Waals surface area (Å²) in [6.07, 6.45) is 0. The Bertz CT molecular complexity index is 474. The van der Waals surface area contributed by atoms with Crippen LogP contribution in [0.1, 0.15) is 27.6 Å². The van der Waals surface area contributed by atoms with Crippen molar-refractivity contribution in [2.75, 3.05) is 0 Å². The molecule has 1 aromatic carbocycles. The van der Waals surface area contributed by atoms with Gasteiger partial charge in [0.05, 0.1) is 16.0 Å². The summed E-state index contributed by atoms with van der Waals surface area (Å²) in [5.74, 6) is -2.46. The molecule has 1 aromatic rings. The van der Waals surface area contributed by atoms with E-state index in [0.29, 0.717) is 0 Å². The van der Waals surface area contributed by atoms with Gasteiger partial charge in [-0.3, -0.25) is 4.79 Å². The smallest absolute Gasteiger partial charge is 0.387 e. The minimum atomic E-state index is -3.13. The van der Waals surface area contributed by atoms with Crippen LogP contribution < -0.4 is 4.74 Å². The Hall–Kier alpha value is -1.50. The molecule has 7 heteroatoms. The molecule has 0 aliphatic heterocycles. The van der Waals surface area contributed by atoms with Crippen molar-refractivity contribution in [3.05, 3.63) is 29.3 Å². The van der Waals surface area contributed by atoms with Crippen molar-refractivity contribution in [2.24, 2.45) is 0 Å². The molecular weight excluding hydrogens is 314 g/mol. The summed E-state index contributed by atoms with van der Waals surface area (Å²) >= 11 is 2.97. The van der Waals surface area contributed by atoms with Crippen LogP contribution in [-0.4, -0.2) is 28.3 Å². The van der Waals surface area contributed by atoms with E-state index < -0.39 is 28.9 Å². The number of rotatable bonds is 5. The molecule has 0 heterocycles. The minimum Gasteiger partial charge on any atom is -0.478 e. The van der Waals surface area contributed by atoms with Gasteiger partial charge in [0.2, 0.25) is 0 Å². The third kappa shape index (κ3) is 3.25. The van der Waals surface area contributed by atoms with Crippen molar-refractivity contribution >= 4 is 27.7 Å². The van der Waals surface area contributed by atoms with E-state index in [1.165, 1.54) is 13.0 Å². The fourth-order valence-corrected chi connectivity index (χ4v) is 1.59. The van der Waals surface area contributed by atoms with Crippen molar-refractivity contribution in [2.45, 2.75) is 18.4 Å². The highest BCUT2D eigenvalue weighted by molar-refractivity contribution is 9.10. The van der Waals surface area contributed by atoms with Crippen LogP contribution in [0.3, 0.4) is 0 Å². The highest BCUT2D eigenvalue weighted by atomic mass is 79.9. The van der Waals surface area contributed by atoms with E-state index in [0.717, 1.165) is 12.1 Å². The van der Waals surface area contributed by atoms with Gasteiger partial charge in [0, 0.05) is 0 Å². The molecule has 0 saturated heterocycles. The number of carbonyl (C=O) groups excluding carboxylic acids is 1. The monoisotopic (exact) mass is 322 g/mol. The van der Waals surface area contributed by atoms with Crippen molar-refractivity contribution in [3.63, 3.8) is 0 Å². The van der Waals surface area contributed by atoms with Gasteiger partial charge in [-0.25, -0.2) is 4.79 Å². The molecule has 0 aliphatic rings. The lowest BCUT2D eigenvalue weighted by molar-refractivity contribution is -0.0502. The van der Waals surface area contributed by atoms with Gasteiger partial charge in [-0.05, 0) is 19.1 Å². The summed E-state index contributed by atoms with van der Waals surface area (Å²) in [5, 5.41) is 8.94. The molecule has 0 bridgehead atoms. The SMILES string of the molecule is CC(Br)C(=O)c1c(OC(F)F)cccc1C(=O)O. The Morgan fingerprint density at radius 2 is 2.00 bits per heavy atom. The molecule has 0 aromatic heterocycles. The highest BCUT2D eigenvalue weighted by Gasteiger charge is 2.25. The van der Waals surface area contributed by atoms with Gasteiger partial charge in [-0.1, -0.05) is 22.0 Å². The summed E-state index contributed by atoms with van der Waals surface area (Å²) in [4.78, 5) is 22.1. The zero-order chi connectivity index (χ0) is 13.9. The Kier molecular flexibility index (Phi) is 4.77. The van der Waals surface area contributed by atoms with Crippen LogP contribution >= 0.6 is 15.9 Å². The van der Waals surface area contributed by atoms with Gasteiger partial charge in [0.1, 0.15) is 5.75 Å². The zero-order valence-electron chi connectivity index (χ0n) is 9.19. The number of hydrogen-bond acceptors (Lipinski definition) is 3. The van der Waals surface area contributed by atoms with E-state index in [9.17, 15) is 18.4 Å². The molecule has 1 atom stereocenters. The third-order valence-corrected chi connectivity index (χ3v) is 2.50. The predicted molar refractivity (Wildman–Crippen MR) is 62.8 cm³/mol. The number of Topliss-reactive ketones (excluding diaryl/α,β-unsaturated/α-hetero) is 1. The summed E-state index contributed by atoms with van der Waals surface area (Å²) in [6.45, 7) is -1.67. The maximum atomic E-state index is 12.2. The number of carbonyl (C=O) groups is 2. The molecule has 0 amide bonds. The van der Waals surface area contributed by atoms with Crippen molar-refractivity contribution in [1.82, 2.24) is 0 Å². The number of aromatic carboxylic acids is 1. The van der Waals surface area contributed by atoms with Crippen molar-refractivity contribution in [3.8, 4) is 5.75 Å². The van der Waals surface area contributed by atoms with E-state index in [1.807, 2.05) is 0 Å². The molecule has 0 radical (unpaired) electrons. The lowest BCUT2D eigenvalue weighted by Crippen LogP contribution is -2.18. The highest BCUT2D eigenvalue weighted by Crippen LogP contribution is 2.27. The van der Waals surface area contributed by atoms with Crippen LogP contribution in [0.2, 0.25) is 0 Å². The third-order valence-electron chi connectivity index (χ3n) is 2.08. The van der Waals surface area contributed by atoms with E-state index in [4.69, 9.17) is 5.11 Å². The topological polar surface area (TPSA) is 63.6 Å². The van der Waals surface area contributed by atoms with E-state index in [2.05, 4.69) is 20.7 Å². The van der Waals surface area contributed by atoms with Gasteiger partial charge in [0.15, 0.2) is 5.78 Å². The van der Waals surface area contributed by atoms with Crippen molar-refractivity contribution in [1.29, 1.82) is 0 Å². The Labute approximate surface area is 110 Å². The molecule has 1 N–H and O–H groups in total. The Balaban J connectivity index is 3.38. The molecule has 0 saturated carbocycles. The lowest BCUT2D eigenvalue weighted by atomic mass is 10.0. The minimum absolute atomic E-state index is 0.366. The van der Waals surface area contributed by atoms with Gasteiger partial charge >= 0.3 is 12.6 Å². The van der Waals surface area contributed by atoms with E-state index in [1.54, 1.807) is 0 Å². The van der Waals surface area contributed by atoms with Crippen LogP contribution in [-0.2, 0) is 0 Å². The Morgan fingerprint density at radius 1 is 1.39 bits per heavy atom. The number of ketones is 1. The van der Waals surface area contributed by atoms with Crippen LogP contribution in [0.25, 0.3) is 0 Å². The van der Waals surface area contributed by atoms with Gasteiger partial charge in [-0.2, -0.15) is 8.78 Å². The number of benzene rings is 1. The number of halogens is 3. The predicted octanol–water partition coefficient (Wildman–Crippen LogP) is 2.95. The molecule has 0 spiro atoms. The average molecular weight is 323 g/mol. The van der Waals surface area contributed by atoms with Gasteiger partial charge in [-0.15, -0.1) is 0 Å². The summed E-state index contributed by atoms with van der Waals surface area (Å²) in [5.41, 5.74) is -0.737. The Morgan fingerprint density at radius 3 is 2.44 bits per heavy atom. The number of carboxylic acid groups (broad SMARTS) is 1. The second kappa shape index (κ2) is 5.90. The van der Waals surface area contributed by atoms with Gasteiger partial charge in [0.25, 0.3) is 0 Å². The summed E-state index contributed by atoms with van der Waals surface area (Å²) < 4.78 is 28.6. The second-order valence-electron chi connectivity index (χ2n) is 3.34. The largest absolute Gasteiger partial charge is 0.478 e. The summed E-state index contributed by atoms with van der Waals surface area (Å²) in [7, 11) is 0. The fraction of sp³-hybridized carbons (Fsp3) is 0.273. The van der Waals surface area contributed by atoms with Crippen LogP contribution in [0.4, 0.5) is 8.78 Å². The molecule has 4 nitrogen and oxygen atoms in total. The average Bonchev–Trinajstić information content (AvgIpc) is 2.26. The second-order valence-corrected chi connectivity index (χ2v) is 4.72. The number of ether oxygens (including phenoxy) is 1. The summed E-state index contributed by atoms with van der Waals surface area (Å²) in [6, 6.07) is 3.52. The molecule has 1 rings (SSSR count). The normalized spacial score (nSPS) is 12.3. The van der Waals surface area contributed by atoms with E-state index in [-0.39, 0.29) is 11.1 Å². The van der Waals surface area contributed by atoms with Crippen LogP contribution in [0, 0.1) is 0 Å². The molecular formula is C11H9BrF2O4. The molecule has 98 valence electrons. The quantitative estimate of drug-likeness (QED) is 0.668. The maximum absolute atomic E-state index is 12.2.